The van der Waals surface area contributed by atoms with E-state index >= 15 is 0 Å². The van der Waals surface area contributed by atoms with E-state index in [1.54, 1.807) is 0 Å². The Morgan fingerprint density at radius 1 is 1.45 bits per heavy atom. The molecule has 7 heteroatoms. The van der Waals surface area contributed by atoms with Crippen molar-refractivity contribution in [2.75, 3.05) is 0 Å². The van der Waals surface area contributed by atoms with Gasteiger partial charge in [-0.15, -0.1) is 11.6 Å². The monoisotopic (exact) mass is 355 g/mol. The van der Waals surface area contributed by atoms with E-state index in [4.69, 9.17) is 11.6 Å². The van der Waals surface area contributed by atoms with Gasteiger partial charge >= 0.3 is 0 Å². The number of piperidine rings is 1. The Kier molecular flexibility index (Phi) is 3.52. The number of aromatic nitrogens is 2. The lowest BCUT2D eigenvalue weighted by Gasteiger charge is -2.24. The molecule has 1 N–H and O–H groups in total. The summed E-state index contributed by atoms with van der Waals surface area (Å²) in [5.74, 6) is 0.315. The lowest BCUT2D eigenvalue weighted by atomic mass is 10.1. The number of nitrogens with one attached hydrogen (secondary N) is 1. The summed E-state index contributed by atoms with van der Waals surface area (Å²) in [5, 5.41) is 2.37. The van der Waals surface area contributed by atoms with E-state index in [9.17, 15) is 9.59 Å². The highest BCUT2D eigenvalue weighted by atomic mass is 79.9. The molecule has 0 spiro atoms. The molecule has 1 fully saturated rings. The minimum Gasteiger partial charge on any atom is -0.314 e. The van der Waals surface area contributed by atoms with Gasteiger partial charge < -0.3 is 4.57 Å². The topological polar surface area (TPSA) is 64.0 Å². The number of benzene rings is 1. The Labute approximate surface area is 128 Å². The first-order valence-corrected chi connectivity index (χ1v) is 7.49. The summed E-state index contributed by atoms with van der Waals surface area (Å²) in [6.07, 6.45) is 0.790. The summed E-state index contributed by atoms with van der Waals surface area (Å²) in [4.78, 5) is 27.8. The molecule has 1 unspecified atom stereocenters. The van der Waals surface area contributed by atoms with Gasteiger partial charge in [0.25, 0.3) is 0 Å². The van der Waals surface area contributed by atoms with Crippen LogP contribution in [-0.4, -0.2) is 21.4 Å². The zero-order chi connectivity index (χ0) is 14.3. The van der Waals surface area contributed by atoms with Crippen molar-refractivity contribution in [3.8, 4) is 0 Å². The van der Waals surface area contributed by atoms with Crippen LogP contribution in [0.25, 0.3) is 11.0 Å². The van der Waals surface area contributed by atoms with Gasteiger partial charge in [-0.2, -0.15) is 0 Å². The zero-order valence-corrected chi connectivity index (χ0v) is 12.7. The van der Waals surface area contributed by atoms with Crippen molar-refractivity contribution < 1.29 is 9.59 Å². The van der Waals surface area contributed by atoms with Crippen LogP contribution >= 0.6 is 27.5 Å². The molecular weight excluding hydrogens is 346 g/mol. The molecule has 3 rings (SSSR count). The van der Waals surface area contributed by atoms with E-state index < -0.39 is 6.04 Å². The van der Waals surface area contributed by atoms with E-state index in [1.807, 2.05) is 22.8 Å². The average molecular weight is 357 g/mol. The Hall–Kier alpha value is -1.40. The molecule has 104 valence electrons. The fourth-order valence-electron chi connectivity index (χ4n) is 2.49. The molecule has 0 bridgehead atoms. The quantitative estimate of drug-likeness (QED) is 0.664. The fourth-order valence-corrected chi connectivity index (χ4v) is 3.02. The highest BCUT2D eigenvalue weighted by Crippen LogP contribution is 2.29. The minimum absolute atomic E-state index is 0.212. The summed E-state index contributed by atoms with van der Waals surface area (Å²) in [7, 11) is 0. The molecule has 2 amide bonds. The SMILES string of the molecule is O=C1CCC(n2c(CCl)nc3ccc(Br)cc32)C(=O)N1. The van der Waals surface area contributed by atoms with E-state index in [0.29, 0.717) is 18.7 Å². The number of rotatable bonds is 2. The first-order chi connectivity index (χ1) is 9.60. The van der Waals surface area contributed by atoms with E-state index in [0.717, 1.165) is 15.5 Å². The third kappa shape index (κ3) is 2.23. The fraction of sp³-hybridized carbons (Fsp3) is 0.308. The molecule has 1 atom stereocenters. The average Bonchev–Trinajstić information content (AvgIpc) is 2.76. The first kappa shape index (κ1) is 13.6. The van der Waals surface area contributed by atoms with Gasteiger partial charge in [-0.1, -0.05) is 15.9 Å². The molecule has 1 aromatic carbocycles. The van der Waals surface area contributed by atoms with Crippen LogP contribution in [0, 0.1) is 0 Å². The predicted molar refractivity (Wildman–Crippen MR) is 78.4 cm³/mol. The van der Waals surface area contributed by atoms with Gasteiger partial charge in [-0.3, -0.25) is 14.9 Å². The van der Waals surface area contributed by atoms with Crippen molar-refractivity contribution in [1.29, 1.82) is 0 Å². The second-order valence-electron chi connectivity index (χ2n) is 4.63. The second-order valence-corrected chi connectivity index (χ2v) is 5.81. The maximum atomic E-state index is 12.1. The molecule has 1 saturated heterocycles. The lowest BCUT2D eigenvalue weighted by Crippen LogP contribution is -2.42. The molecule has 2 aromatic rings. The Morgan fingerprint density at radius 2 is 2.25 bits per heavy atom. The third-order valence-corrected chi connectivity index (χ3v) is 4.10. The number of fused-ring (bicyclic) bond motifs is 1. The van der Waals surface area contributed by atoms with Crippen LogP contribution in [0.15, 0.2) is 22.7 Å². The third-order valence-electron chi connectivity index (χ3n) is 3.37. The predicted octanol–water partition coefficient (Wildman–Crippen LogP) is 2.52. The van der Waals surface area contributed by atoms with Gasteiger partial charge in [0, 0.05) is 10.9 Å². The highest BCUT2D eigenvalue weighted by Gasteiger charge is 2.30. The smallest absolute Gasteiger partial charge is 0.249 e. The van der Waals surface area contributed by atoms with Crippen LogP contribution in [0.2, 0.25) is 0 Å². The molecule has 0 aliphatic carbocycles. The number of amides is 2. The van der Waals surface area contributed by atoms with Crippen LogP contribution in [0.3, 0.4) is 0 Å². The molecule has 1 aromatic heterocycles. The Bertz CT molecular complexity index is 713. The first-order valence-electron chi connectivity index (χ1n) is 6.16. The maximum absolute atomic E-state index is 12.1. The Morgan fingerprint density at radius 3 is 2.95 bits per heavy atom. The summed E-state index contributed by atoms with van der Waals surface area (Å²) in [6.45, 7) is 0. The zero-order valence-electron chi connectivity index (χ0n) is 10.4. The number of carbonyl (C=O) groups is 2. The molecule has 5 nitrogen and oxygen atoms in total. The Balaban J connectivity index is 2.16. The molecule has 0 saturated carbocycles. The van der Waals surface area contributed by atoms with Crippen LogP contribution in [0.4, 0.5) is 0 Å². The van der Waals surface area contributed by atoms with E-state index in [-0.39, 0.29) is 17.7 Å². The van der Waals surface area contributed by atoms with Gasteiger partial charge in [-0.05, 0) is 24.6 Å². The number of hydrogen-bond donors (Lipinski definition) is 1. The molecule has 0 radical (unpaired) electrons. The van der Waals surface area contributed by atoms with Gasteiger partial charge in [0.1, 0.15) is 11.9 Å². The number of carbonyl (C=O) groups excluding carboxylic acids is 2. The molecule has 20 heavy (non-hydrogen) atoms. The van der Waals surface area contributed by atoms with Gasteiger partial charge in [0.15, 0.2) is 0 Å². The van der Waals surface area contributed by atoms with E-state index in [2.05, 4.69) is 26.2 Å². The summed E-state index contributed by atoms with van der Waals surface area (Å²) in [5.41, 5.74) is 1.62. The van der Waals surface area contributed by atoms with Crippen molar-refractivity contribution >= 4 is 50.4 Å². The number of halogens is 2. The van der Waals surface area contributed by atoms with Gasteiger partial charge in [-0.25, -0.2) is 4.98 Å². The van der Waals surface area contributed by atoms with E-state index in [1.165, 1.54) is 0 Å². The minimum atomic E-state index is -0.444. The van der Waals surface area contributed by atoms with Crippen molar-refractivity contribution in [2.24, 2.45) is 0 Å². The van der Waals surface area contributed by atoms with Gasteiger partial charge in [0.2, 0.25) is 11.8 Å². The molecular formula is C13H11BrClN3O2. The second kappa shape index (κ2) is 5.18. The standard InChI is InChI=1S/C13H11BrClN3O2/c14-7-1-2-8-10(5-7)18(11(6-15)16-8)9-3-4-12(19)17-13(9)20/h1-2,5,9H,3-4,6H2,(H,17,19,20). The van der Waals surface area contributed by atoms with Crippen LogP contribution < -0.4 is 5.32 Å². The maximum Gasteiger partial charge on any atom is 0.249 e. The largest absolute Gasteiger partial charge is 0.314 e. The highest BCUT2D eigenvalue weighted by molar-refractivity contribution is 9.10. The van der Waals surface area contributed by atoms with Crippen LogP contribution in [-0.2, 0) is 15.5 Å². The van der Waals surface area contributed by atoms with Crippen molar-refractivity contribution in [3.63, 3.8) is 0 Å². The number of imidazole rings is 1. The van der Waals surface area contributed by atoms with Crippen LogP contribution in [0.1, 0.15) is 24.7 Å². The molecule has 2 heterocycles. The number of imide groups is 1. The number of hydrogen-bond acceptors (Lipinski definition) is 3. The lowest BCUT2D eigenvalue weighted by molar-refractivity contribution is -0.135. The summed E-state index contributed by atoms with van der Waals surface area (Å²) in [6, 6.07) is 5.22. The number of alkyl halides is 1. The summed E-state index contributed by atoms with van der Waals surface area (Å²) >= 11 is 9.36. The van der Waals surface area contributed by atoms with Crippen molar-refractivity contribution in [2.45, 2.75) is 24.8 Å². The molecule has 1 aliphatic heterocycles. The van der Waals surface area contributed by atoms with Gasteiger partial charge in [0.05, 0.1) is 16.9 Å². The van der Waals surface area contributed by atoms with Crippen molar-refractivity contribution in [1.82, 2.24) is 14.9 Å². The number of nitrogens with zero attached hydrogens (tertiary/aromatic N) is 2. The van der Waals surface area contributed by atoms with Crippen molar-refractivity contribution in [3.05, 3.63) is 28.5 Å². The summed E-state index contributed by atoms with van der Waals surface area (Å²) < 4.78 is 2.73. The van der Waals surface area contributed by atoms with Crippen LogP contribution in [0.5, 0.6) is 0 Å². The molecule has 1 aliphatic rings. The normalized spacial score (nSPS) is 19.4.